The van der Waals surface area contributed by atoms with Crippen LogP contribution in [0.5, 0.6) is 0 Å². The molecule has 3 heterocycles. The van der Waals surface area contributed by atoms with E-state index in [2.05, 4.69) is 34.8 Å². The van der Waals surface area contributed by atoms with E-state index in [1.165, 1.54) is 6.92 Å². The van der Waals surface area contributed by atoms with Gasteiger partial charge in [-0.25, -0.2) is 14.4 Å². The molecule has 3 fully saturated rings. The second kappa shape index (κ2) is 33.2. The lowest BCUT2D eigenvalue weighted by Gasteiger charge is -2.32. The number of aliphatic carboxylic acids is 2. The third-order valence-corrected chi connectivity index (χ3v) is 14.0. The summed E-state index contributed by atoms with van der Waals surface area (Å²) in [5.74, 6) is -15.7. The van der Waals surface area contributed by atoms with Gasteiger partial charge in [-0.3, -0.25) is 43.3 Å². The topological polar surface area (TPSA) is 502 Å². The van der Waals surface area contributed by atoms with E-state index in [1.807, 2.05) is 16.0 Å². The third-order valence-electron chi connectivity index (χ3n) is 14.0. The summed E-state index contributed by atoms with van der Waals surface area (Å²) < 4.78 is 5.60. The number of aliphatic imine (C=N–C) groups is 1. The minimum absolute atomic E-state index is 0.0739. The van der Waals surface area contributed by atoms with Crippen LogP contribution >= 0.6 is 0 Å². The molecule has 3 aliphatic rings. The first-order valence-electron chi connectivity index (χ1n) is 27.3. The van der Waals surface area contributed by atoms with E-state index in [1.54, 1.807) is 0 Å². The molecular weight excluding hydrogens is 1070 g/mol. The molecule has 8 amide bonds. The fourth-order valence-electron chi connectivity index (χ4n) is 9.57. The van der Waals surface area contributed by atoms with E-state index in [4.69, 9.17) is 16.2 Å². The molecule has 3 aliphatic heterocycles. The fourth-order valence-corrected chi connectivity index (χ4v) is 9.57. The van der Waals surface area contributed by atoms with Crippen LogP contribution in [0.15, 0.2) is 4.99 Å². The summed E-state index contributed by atoms with van der Waals surface area (Å²) in [7, 11) is 0. The van der Waals surface area contributed by atoms with E-state index >= 15 is 0 Å². The van der Waals surface area contributed by atoms with Crippen LogP contribution in [0.1, 0.15) is 124 Å². The molecule has 14 atom stereocenters. The zero-order valence-corrected chi connectivity index (χ0v) is 46.1. The molecule has 18 N–H and O–H groups in total. The molecule has 31 heteroatoms. The number of unbranched alkanes of at least 4 members (excludes halogenated alkanes) is 7. The van der Waals surface area contributed by atoms with Gasteiger partial charge in [0.15, 0.2) is 24.2 Å². The van der Waals surface area contributed by atoms with Gasteiger partial charge in [0.2, 0.25) is 47.3 Å². The number of nitrogens with two attached hydrogens (primary N) is 2. The first kappa shape index (κ1) is 68.5. The largest absolute Gasteiger partial charge is 0.479 e. The number of amides is 8. The Bertz CT molecular complexity index is 2230. The molecule has 0 saturated carbocycles. The highest BCUT2D eigenvalue weighted by atomic mass is 16.5. The second-order valence-electron chi connectivity index (χ2n) is 21.0. The van der Waals surface area contributed by atoms with Crippen LogP contribution in [-0.2, 0) is 57.5 Å². The van der Waals surface area contributed by atoms with E-state index in [-0.39, 0.29) is 44.7 Å². The van der Waals surface area contributed by atoms with Crippen molar-refractivity contribution in [1.82, 2.24) is 41.7 Å². The summed E-state index contributed by atoms with van der Waals surface area (Å²) in [4.78, 5) is 155. The van der Waals surface area contributed by atoms with E-state index in [0.29, 0.717) is 23.7 Å². The number of carbonyl (C=O) groups is 11. The Morgan fingerprint density at radius 3 is 1.64 bits per heavy atom. The Morgan fingerprint density at radius 2 is 1.11 bits per heavy atom. The number of cyclic esters (lactones) is 1. The van der Waals surface area contributed by atoms with Gasteiger partial charge in [0.05, 0.1) is 31.3 Å². The number of ether oxygens (including phenoxy) is 1. The van der Waals surface area contributed by atoms with Crippen molar-refractivity contribution in [2.24, 2.45) is 22.4 Å². The normalized spacial score (nSPS) is 28.3. The third kappa shape index (κ3) is 20.9. The number of guanidine groups is 1. The van der Waals surface area contributed by atoms with Crippen molar-refractivity contribution in [3.05, 3.63) is 0 Å². The van der Waals surface area contributed by atoms with Crippen LogP contribution in [0.25, 0.3) is 0 Å². The number of aliphatic hydroxyl groups is 6. The highest BCUT2D eigenvalue weighted by molar-refractivity contribution is 6.00. The average molecular weight is 1160 g/mol. The predicted octanol–water partition coefficient (Wildman–Crippen LogP) is -5.97. The second-order valence-corrected chi connectivity index (χ2v) is 21.0. The fraction of sp³-hybridized carbons (Fsp3) is 0.760. The van der Waals surface area contributed by atoms with Crippen LogP contribution in [0, 0.1) is 5.92 Å². The Balaban J connectivity index is 2.12. The number of hydrogen-bond acceptors (Lipinski definition) is 19. The summed E-state index contributed by atoms with van der Waals surface area (Å²) in [5.41, 5.74) is 10.8. The number of carboxylic acids is 2. The number of nitrogens with one attached hydrogen (secondary N) is 6. The van der Waals surface area contributed by atoms with Crippen LogP contribution in [-0.4, -0.2) is 233 Å². The molecule has 458 valence electrons. The molecular formula is C50H83N11O20. The SMILES string of the molecule is CC(C)CCCCCCCCCC[C@H]1CC(=O)N[C@H]([C@H](C)O)C(=O)N[C@@H](C)C(=O)N2CC[C@H](O)[C@H]2C(=O)N[C@H](CCCN=C(N)N)C(=O)N[C@@H]([C@H](O)C(=O)O)C(=O)N[C@H](CO)C(=O)N2CC[C@H](O)[C@H]2C(=O)N[C@@H]([C@@H](O)C(=O)O)C(=O)O1. The highest BCUT2D eigenvalue weighted by Crippen LogP contribution is 2.23. The minimum atomic E-state index is -2.81. The Hall–Kier alpha value is -6.80. The minimum Gasteiger partial charge on any atom is -0.479 e. The lowest BCUT2D eigenvalue weighted by atomic mass is 10.0. The van der Waals surface area contributed by atoms with E-state index < -0.39 is 176 Å². The lowest BCUT2D eigenvalue weighted by Crippen LogP contribution is -2.64. The maximum absolute atomic E-state index is 14.1. The number of esters is 1. The van der Waals surface area contributed by atoms with Crippen molar-refractivity contribution in [3.8, 4) is 0 Å². The Kier molecular flexibility index (Phi) is 28.1. The van der Waals surface area contributed by atoms with Gasteiger partial charge in [-0.15, -0.1) is 0 Å². The van der Waals surface area contributed by atoms with Crippen LogP contribution in [0.4, 0.5) is 0 Å². The number of aliphatic hydroxyl groups excluding tert-OH is 6. The smallest absolute Gasteiger partial charge is 0.335 e. The van der Waals surface area contributed by atoms with Crippen molar-refractivity contribution in [2.75, 3.05) is 26.2 Å². The molecule has 0 aromatic carbocycles. The maximum Gasteiger partial charge on any atom is 0.335 e. The lowest BCUT2D eigenvalue weighted by molar-refractivity contribution is -0.165. The van der Waals surface area contributed by atoms with Crippen molar-refractivity contribution >= 4 is 71.1 Å². The van der Waals surface area contributed by atoms with Gasteiger partial charge in [-0.1, -0.05) is 65.2 Å². The molecule has 0 aromatic heterocycles. The Labute approximate surface area is 467 Å². The monoisotopic (exact) mass is 1160 g/mol. The molecule has 81 heavy (non-hydrogen) atoms. The predicted molar refractivity (Wildman–Crippen MR) is 281 cm³/mol. The van der Waals surface area contributed by atoms with Gasteiger partial charge >= 0.3 is 17.9 Å². The van der Waals surface area contributed by atoms with Crippen LogP contribution in [0.3, 0.4) is 0 Å². The molecule has 3 rings (SSSR count). The number of fused-ring (bicyclic) bond motifs is 2. The van der Waals surface area contributed by atoms with Crippen molar-refractivity contribution < 1.29 is 98.3 Å². The zero-order chi connectivity index (χ0) is 60.8. The van der Waals surface area contributed by atoms with E-state index in [9.17, 15) is 93.6 Å². The van der Waals surface area contributed by atoms with Crippen molar-refractivity contribution in [1.29, 1.82) is 0 Å². The van der Waals surface area contributed by atoms with Crippen molar-refractivity contribution in [2.45, 2.75) is 209 Å². The summed E-state index contributed by atoms with van der Waals surface area (Å²) in [5, 5.41) is 97.3. The Morgan fingerprint density at radius 1 is 0.617 bits per heavy atom. The average Bonchev–Trinajstić information content (AvgIpc) is 3.99. The summed E-state index contributed by atoms with van der Waals surface area (Å²) >= 11 is 0. The van der Waals surface area contributed by atoms with Gasteiger partial charge in [0.25, 0.3) is 0 Å². The molecule has 0 aromatic rings. The number of nitrogens with zero attached hydrogens (tertiary/aromatic N) is 3. The quantitative estimate of drug-likeness (QED) is 0.0220. The van der Waals surface area contributed by atoms with Crippen LogP contribution < -0.4 is 43.4 Å². The van der Waals surface area contributed by atoms with E-state index in [0.717, 1.165) is 56.8 Å². The van der Waals surface area contributed by atoms with Gasteiger partial charge in [0.1, 0.15) is 48.4 Å². The summed E-state index contributed by atoms with van der Waals surface area (Å²) in [6.45, 7) is 4.31. The number of hydrogen-bond donors (Lipinski definition) is 16. The van der Waals surface area contributed by atoms with Crippen molar-refractivity contribution in [3.63, 3.8) is 0 Å². The molecule has 0 radical (unpaired) electrons. The van der Waals surface area contributed by atoms with Crippen LogP contribution in [0.2, 0.25) is 0 Å². The van der Waals surface area contributed by atoms with Gasteiger partial charge in [0, 0.05) is 19.6 Å². The molecule has 31 nitrogen and oxygen atoms in total. The number of rotatable bonds is 21. The zero-order valence-electron chi connectivity index (χ0n) is 46.1. The number of carboxylic acid groups (broad SMARTS) is 2. The molecule has 0 aliphatic carbocycles. The summed E-state index contributed by atoms with van der Waals surface area (Å²) in [6.07, 6.45) is -6.30. The molecule has 0 bridgehead atoms. The molecule has 0 spiro atoms. The summed E-state index contributed by atoms with van der Waals surface area (Å²) in [6, 6.07) is -16.2. The van der Waals surface area contributed by atoms with Gasteiger partial charge < -0.3 is 98.8 Å². The number of carbonyl (C=O) groups excluding carboxylic acids is 9. The first-order chi connectivity index (χ1) is 38.1. The molecule has 3 saturated heterocycles. The van der Waals surface area contributed by atoms with Gasteiger partial charge in [-0.2, -0.15) is 0 Å². The maximum atomic E-state index is 14.1. The standard InChI is InChI=1S/C50H83N11O20/c1-24(2)14-11-9-7-5-6-8-10-12-15-27-22-32(66)57-33(26(4)63)41(70)54-25(3)45(74)60-20-17-30(64)36(60)43(72)55-28(16-13-19-53-50(51)52)40(69)58-34(38(67)47(76)77)42(71)56-29(23-62)46(75)61-21-18-31(65)37(61)44(73)59-35(49(80)81-27)39(68)48(78)79/h24-31,33-39,62-65,67-68H,5-23H2,1-4H3,(H,54,70)(H,55,72)(H,56,71)(H,57,66)(H,58,69)(H,59,73)(H,76,77)(H,78,79)(H4,51,52,53)/t25-,26-,27-,28+,29+,30-,31-,33+,34-,35-,36-,37-,38-,39+/m0/s1. The molecule has 0 unspecified atom stereocenters. The van der Waals surface area contributed by atoms with Gasteiger partial charge in [-0.05, 0) is 58.3 Å². The highest BCUT2D eigenvalue weighted by Gasteiger charge is 2.48. The first-order valence-corrected chi connectivity index (χ1v) is 27.3.